The highest BCUT2D eigenvalue weighted by molar-refractivity contribution is 5.21. The summed E-state index contributed by atoms with van der Waals surface area (Å²) in [5.41, 5.74) is 0.588. The molecule has 4 aliphatic rings. The minimum absolute atomic E-state index is 0.0446. The van der Waals surface area contributed by atoms with Crippen molar-refractivity contribution in [2.24, 2.45) is 23.2 Å². The Bertz CT molecular complexity index is 828. The van der Waals surface area contributed by atoms with Crippen LogP contribution < -0.4 is 0 Å². The van der Waals surface area contributed by atoms with Crippen molar-refractivity contribution in [3.63, 3.8) is 0 Å². The van der Waals surface area contributed by atoms with Gasteiger partial charge in [-0.15, -0.1) is 11.8 Å². The molecular weight excluding hydrogens is 459 g/mol. The van der Waals surface area contributed by atoms with Crippen LogP contribution in [0.1, 0.15) is 85.0 Å². The molecule has 2 saturated heterocycles. The fourth-order valence-corrected chi connectivity index (χ4v) is 6.32. The molecule has 7 atom stereocenters. The number of hydrogen-bond donors (Lipinski definition) is 1. The molecule has 2 unspecified atom stereocenters. The monoisotopic (exact) mass is 504 g/mol. The highest BCUT2D eigenvalue weighted by Crippen LogP contribution is 2.52. The molecule has 2 heterocycles. The van der Waals surface area contributed by atoms with Crippen LogP contribution >= 0.6 is 0 Å². The van der Waals surface area contributed by atoms with Gasteiger partial charge in [0.1, 0.15) is 5.83 Å². The lowest BCUT2D eigenvalue weighted by Crippen LogP contribution is -2.36. The molecule has 1 N–H and O–H groups in total. The lowest BCUT2D eigenvalue weighted by Gasteiger charge is -2.35. The van der Waals surface area contributed by atoms with Gasteiger partial charge in [0.15, 0.2) is 12.6 Å². The van der Waals surface area contributed by atoms with E-state index in [1.165, 1.54) is 0 Å². The van der Waals surface area contributed by atoms with Gasteiger partial charge < -0.3 is 24.1 Å². The first-order valence-electron chi connectivity index (χ1n) is 14.0. The van der Waals surface area contributed by atoms with Crippen LogP contribution in [0.2, 0.25) is 0 Å². The molecule has 36 heavy (non-hydrogen) atoms. The summed E-state index contributed by atoms with van der Waals surface area (Å²) < 4.78 is 39.2. The van der Waals surface area contributed by atoms with Gasteiger partial charge in [0.25, 0.3) is 0 Å². The molecule has 5 nitrogen and oxygen atoms in total. The Hall–Kier alpha value is -1.23. The van der Waals surface area contributed by atoms with Gasteiger partial charge in [-0.1, -0.05) is 26.0 Å². The molecule has 0 aromatic rings. The van der Waals surface area contributed by atoms with Crippen LogP contribution in [0, 0.1) is 35.0 Å². The molecule has 0 spiro atoms. The fraction of sp³-hybridized carbons (Fsp3) is 0.800. The first kappa shape index (κ1) is 27.8. The van der Waals surface area contributed by atoms with Crippen molar-refractivity contribution in [2.75, 3.05) is 19.8 Å². The van der Waals surface area contributed by atoms with Gasteiger partial charge in [-0.2, -0.15) is 0 Å². The second-order valence-corrected chi connectivity index (χ2v) is 11.6. The summed E-state index contributed by atoms with van der Waals surface area (Å²) in [6, 6.07) is 0. The van der Waals surface area contributed by atoms with E-state index in [9.17, 15) is 9.50 Å². The van der Waals surface area contributed by atoms with Crippen LogP contribution in [0.5, 0.6) is 0 Å². The summed E-state index contributed by atoms with van der Waals surface area (Å²) in [7, 11) is 0. The van der Waals surface area contributed by atoms with Gasteiger partial charge in [-0.3, -0.25) is 0 Å². The van der Waals surface area contributed by atoms with Crippen molar-refractivity contribution in [3.8, 4) is 11.8 Å². The van der Waals surface area contributed by atoms with Crippen LogP contribution in [-0.2, 0) is 18.9 Å². The number of rotatable bonds is 9. The van der Waals surface area contributed by atoms with Crippen molar-refractivity contribution < 1.29 is 28.4 Å². The summed E-state index contributed by atoms with van der Waals surface area (Å²) in [6.07, 6.45) is 13.3. The van der Waals surface area contributed by atoms with Crippen LogP contribution in [-0.4, -0.2) is 49.7 Å². The lowest BCUT2D eigenvalue weighted by atomic mass is 9.81. The number of ether oxygens (including phenoxy) is 4. The summed E-state index contributed by atoms with van der Waals surface area (Å²) in [5, 5.41) is 9.36. The van der Waals surface area contributed by atoms with E-state index in [1.54, 1.807) is 0 Å². The Morgan fingerprint density at radius 2 is 1.86 bits per heavy atom. The van der Waals surface area contributed by atoms with Crippen LogP contribution in [0.3, 0.4) is 0 Å². The predicted octanol–water partition coefficient (Wildman–Crippen LogP) is 6.07. The highest BCUT2D eigenvalue weighted by atomic mass is 19.1. The number of allylic oxidation sites excluding steroid dienone is 1. The Labute approximate surface area is 216 Å². The summed E-state index contributed by atoms with van der Waals surface area (Å²) >= 11 is 0. The number of aliphatic hydroxyl groups excluding tert-OH is 1. The Balaban J connectivity index is 1.55. The van der Waals surface area contributed by atoms with Crippen LogP contribution in [0.4, 0.5) is 4.39 Å². The quantitative estimate of drug-likeness (QED) is 0.305. The lowest BCUT2D eigenvalue weighted by molar-refractivity contribution is -0.197. The first-order valence-corrected chi connectivity index (χ1v) is 14.0. The third kappa shape index (κ3) is 6.99. The Kier molecular flexibility index (Phi) is 10.1. The molecule has 0 amide bonds. The minimum atomic E-state index is -0.505. The number of hydrogen-bond acceptors (Lipinski definition) is 5. The van der Waals surface area contributed by atoms with Crippen molar-refractivity contribution in [1.29, 1.82) is 0 Å². The average molecular weight is 505 g/mol. The maximum absolute atomic E-state index is 14.3. The van der Waals surface area contributed by atoms with Gasteiger partial charge in [-0.05, 0) is 82.1 Å². The third-order valence-corrected chi connectivity index (χ3v) is 8.48. The number of aliphatic hydroxyl groups is 1. The number of fused-ring (bicyclic) bond motifs is 1. The van der Waals surface area contributed by atoms with Crippen LogP contribution in [0.25, 0.3) is 0 Å². The zero-order valence-corrected chi connectivity index (χ0v) is 22.3. The molecule has 2 aliphatic heterocycles. The predicted molar refractivity (Wildman–Crippen MR) is 137 cm³/mol. The third-order valence-electron chi connectivity index (χ3n) is 8.48. The summed E-state index contributed by atoms with van der Waals surface area (Å²) in [5.74, 6) is 6.73. The van der Waals surface area contributed by atoms with Crippen molar-refractivity contribution in [1.82, 2.24) is 0 Å². The standard InChI is InChI=1S/C30H45FO5/c1-4-5-14-30(2,3)27(36-29-11-7-9-16-34-29)13-12-23-24-18-22(25(31)20-32)17-21(24)19-26(23)35-28-10-6-8-15-33-28/h12-13,21,23-24,26-29,32H,6-11,14-20H2,1-3H3/t21-,23+,24-,26+,27+,28?,29?/m0/s1. The van der Waals surface area contributed by atoms with Crippen molar-refractivity contribution in [2.45, 2.75) is 110 Å². The van der Waals surface area contributed by atoms with Crippen molar-refractivity contribution >= 4 is 0 Å². The molecule has 4 fully saturated rings. The molecule has 0 aromatic carbocycles. The van der Waals surface area contributed by atoms with E-state index in [0.29, 0.717) is 24.7 Å². The normalized spacial score (nSPS) is 35.4. The average Bonchev–Trinajstić information content (AvgIpc) is 3.44. The molecule has 2 aliphatic carbocycles. The second kappa shape index (κ2) is 13.0. The Morgan fingerprint density at radius 1 is 1.14 bits per heavy atom. The molecule has 4 rings (SSSR count). The molecule has 2 saturated carbocycles. The fourth-order valence-electron chi connectivity index (χ4n) is 6.32. The van der Waals surface area contributed by atoms with Gasteiger partial charge in [0.2, 0.25) is 0 Å². The van der Waals surface area contributed by atoms with Gasteiger partial charge in [-0.25, -0.2) is 4.39 Å². The molecule has 0 radical (unpaired) electrons. The van der Waals surface area contributed by atoms with E-state index in [0.717, 1.165) is 70.2 Å². The maximum atomic E-state index is 14.3. The molecule has 6 heteroatoms. The smallest absolute Gasteiger partial charge is 0.158 e. The molecule has 202 valence electrons. The molecule has 0 aromatic heterocycles. The van der Waals surface area contributed by atoms with Gasteiger partial charge in [0, 0.05) is 31.0 Å². The maximum Gasteiger partial charge on any atom is 0.158 e. The first-order chi connectivity index (χ1) is 17.4. The van der Waals surface area contributed by atoms with E-state index in [2.05, 4.69) is 37.8 Å². The van der Waals surface area contributed by atoms with E-state index in [-0.39, 0.29) is 41.9 Å². The second-order valence-electron chi connectivity index (χ2n) is 11.6. The number of halogens is 1. The van der Waals surface area contributed by atoms with Gasteiger partial charge in [0.05, 0.1) is 18.8 Å². The topological polar surface area (TPSA) is 57.2 Å². The molecular formula is C30H45FO5. The summed E-state index contributed by atoms with van der Waals surface area (Å²) in [6.45, 7) is 7.26. The largest absolute Gasteiger partial charge is 0.389 e. The van der Waals surface area contributed by atoms with E-state index < -0.39 is 6.61 Å². The highest BCUT2D eigenvalue weighted by Gasteiger charge is 2.48. The van der Waals surface area contributed by atoms with E-state index in [1.807, 2.05) is 6.92 Å². The van der Waals surface area contributed by atoms with Crippen LogP contribution in [0.15, 0.2) is 23.6 Å². The SMILES string of the molecule is CC#CCC(C)(C)[C@@H](C=C[C@@H]1[C@H]2CC(=C(F)CO)C[C@H]2C[C@H]1OC1CCCCO1)OC1CCCCO1. The zero-order chi connectivity index (χ0) is 25.5. The minimum Gasteiger partial charge on any atom is -0.389 e. The van der Waals surface area contributed by atoms with Gasteiger partial charge >= 0.3 is 0 Å². The zero-order valence-electron chi connectivity index (χ0n) is 22.3. The molecule has 0 bridgehead atoms. The van der Waals surface area contributed by atoms with Crippen molar-refractivity contribution in [3.05, 3.63) is 23.6 Å². The van der Waals surface area contributed by atoms with E-state index in [4.69, 9.17) is 18.9 Å². The van der Waals surface area contributed by atoms with E-state index >= 15 is 0 Å². The Morgan fingerprint density at radius 3 is 2.50 bits per heavy atom. The summed E-state index contributed by atoms with van der Waals surface area (Å²) in [4.78, 5) is 0.